The van der Waals surface area contributed by atoms with Crippen molar-refractivity contribution in [1.82, 2.24) is 0 Å². The number of aryl methyl sites for hydroxylation is 1. The number of alkyl halides is 4. The maximum Gasteiger partial charge on any atom is 0.285 e. The van der Waals surface area contributed by atoms with E-state index in [-0.39, 0.29) is 21.7 Å². The van der Waals surface area contributed by atoms with E-state index in [9.17, 15) is 22.7 Å². The van der Waals surface area contributed by atoms with Crippen molar-refractivity contribution in [3.8, 4) is 5.75 Å². The van der Waals surface area contributed by atoms with Gasteiger partial charge in [-0.2, -0.15) is 17.6 Å². The number of benzene rings is 1. The Hall–Kier alpha value is -5.42. The van der Waals surface area contributed by atoms with Gasteiger partial charge in [0.05, 0.1) is 0 Å². The highest BCUT2D eigenvalue weighted by atomic mass is 19.3. The predicted molar refractivity (Wildman–Crippen MR) is 546 cm³/mol. The molecule has 0 bridgehead atoms. The second-order valence-electron chi connectivity index (χ2n) is 48.9. The van der Waals surface area contributed by atoms with Crippen LogP contribution in [0.3, 0.4) is 0 Å². The molecule has 710 valence electrons. The molecule has 0 amide bonds. The largest absolute Gasteiger partial charge is 0.508 e. The first-order valence-corrected chi connectivity index (χ1v) is 51.5. The Kier molecular flexibility index (Phi) is 36.1. The van der Waals surface area contributed by atoms with Gasteiger partial charge in [0.1, 0.15) is 5.75 Å². The standard InChI is InChI=1S/2C18H30.C18H28.C18H26.C17H26F2.C17H24F2.C16H24O/c4*1-12(2)16-8-7-15-11-14(5)9-10-18(15,6)17(16)13(3)4;2*1-11(2)14-7-6-13-10-17(18,19)9-8-16(13,5)15(14)12(3)4;1-10(2)14-7-5-12-9-13(17)6-8-15(12)16(14)11(3)4/h11-13,16-17H,5,7-10H2,1-4,6H3;7,12-13,16-17H,5,8-11H2,1-4,6H3;9-13,16-17H,5,7-8H2,1-4,6H3;7-13,16-17H,5H2,1-4,6H3;8-12,14-15H,6-7H2,1-5H3;6-12,14-15H,1-5H3;6,8-11,14,16-17H,5,7H2,1-4H3/t4*16?,17?,18-;2*14?,15?,16-;/m000000./s1. The highest BCUT2D eigenvalue weighted by Gasteiger charge is 2.54. The zero-order valence-electron chi connectivity index (χ0n) is 87.5. The van der Waals surface area contributed by atoms with E-state index in [2.05, 4.69) is 335 Å². The number of phenols is 1. The average Bonchev–Trinajstić information content (AvgIpc) is 0.770. The number of halogens is 4. The third-order valence-electron chi connectivity index (χ3n) is 35.2. The molecular formula is C122H188F4O. The number of fused-ring (bicyclic) bond motifs is 7. The molecule has 13 aliphatic rings. The molecule has 13 aliphatic carbocycles. The minimum atomic E-state index is -2.80. The van der Waals surface area contributed by atoms with Crippen LogP contribution in [0.2, 0.25) is 0 Å². The summed E-state index contributed by atoms with van der Waals surface area (Å²) in [5.74, 6) is 14.3. The van der Waals surface area contributed by atoms with Gasteiger partial charge in [-0.3, -0.25) is 0 Å². The van der Waals surface area contributed by atoms with E-state index in [1.165, 1.54) is 110 Å². The summed E-state index contributed by atoms with van der Waals surface area (Å²) in [5, 5.41) is 9.59. The van der Waals surface area contributed by atoms with Crippen molar-refractivity contribution < 1.29 is 22.7 Å². The van der Waals surface area contributed by atoms with E-state index < -0.39 is 11.8 Å². The van der Waals surface area contributed by atoms with Crippen LogP contribution in [0.5, 0.6) is 5.75 Å². The Balaban J connectivity index is 0.000000183. The first-order chi connectivity index (χ1) is 58.8. The molecular weight excluding hydrogens is 1560 g/mol. The van der Waals surface area contributed by atoms with Crippen molar-refractivity contribution in [3.63, 3.8) is 0 Å². The van der Waals surface area contributed by atoms with Crippen molar-refractivity contribution in [1.29, 1.82) is 0 Å². The number of rotatable bonds is 14. The van der Waals surface area contributed by atoms with E-state index in [1.807, 2.05) is 18.2 Å². The zero-order valence-corrected chi connectivity index (χ0v) is 87.5. The first-order valence-electron chi connectivity index (χ1n) is 51.5. The van der Waals surface area contributed by atoms with Crippen LogP contribution in [0.4, 0.5) is 17.6 Å². The van der Waals surface area contributed by atoms with Crippen LogP contribution in [-0.2, 0) is 6.42 Å². The maximum absolute atomic E-state index is 13.6. The molecule has 14 unspecified atom stereocenters. The van der Waals surface area contributed by atoms with Crippen molar-refractivity contribution in [2.75, 3.05) is 0 Å². The smallest absolute Gasteiger partial charge is 0.285 e. The lowest BCUT2D eigenvalue weighted by Gasteiger charge is -2.53. The summed E-state index contributed by atoms with van der Waals surface area (Å²) in [4.78, 5) is 0. The highest BCUT2D eigenvalue weighted by Crippen LogP contribution is 2.63. The van der Waals surface area contributed by atoms with Crippen LogP contribution < -0.4 is 0 Å². The molecule has 4 saturated carbocycles. The molecule has 4 fully saturated rings. The summed E-state index contributed by atoms with van der Waals surface area (Å²) in [7, 11) is 0. The van der Waals surface area contributed by atoms with Crippen LogP contribution in [-0.4, -0.2) is 17.0 Å². The van der Waals surface area contributed by atoms with Gasteiger partial charge in [0.15, 0.2) is 0 Å². The Morgan fingerprint density at radius 2 is 0.748 bits per heavy atom. The molecule has 1 aromatic carbocycles. The minimum Gasteiger partial charge on any atom is -0.508 e. The third kappa shape index (κ3) is 23.9. The Labute approximate surface area is 779 Å². The monoisotopic (exact) mass is 1750 g/mol. The number of aromatic hydroxyl groups is 1. The highest BCUT2D eigenvalue weighted by molar-refractivity contribution is 5.50. The molecule has 5 heteroatoms. The number of phenolic OH excluding ortho intramolecular Hbond substituents is 1. The van der Waals surface area contributed by atoms with Gasteiger partial charge in [0.2, 0.25) is 0 Å². The lowest BCUT2D eigenvalue weighted by atomic mass is 9.52. The van der Waals surface area contributed by atoms with Crippen LogP contribution in [0.15, 0.2) is 210 Å². The molecule has 20 atom stereocenters. The topological polar surface area (TPSA) is 20.2 Å². The Morgan fingerprint density at radius 1 is 0.346 bits per heavy atom. The van der Waals surface area contributed by atoms with Crippen LogP contribution >= 0.6 is 0 Å². The second-order valence-corrected chi connectivity index (χ2v) is 48.9. The van der Waals surface area contributed by atoms with Crippen molar-refractivity contribution in [2.45, 2.75) is 343 Å². The van der Waals surface area contributed by atoms with E-state index in [0.717, 1.165) is 137 Å². The molecule has 1 aromatic rings. The van der Waals surface area contributed by atoms with Crippen molar-refractivity contribution in [3.05, 3.63) is 221 Å². The molecule has 0 heterocycles. The molecule has 0 aliphatic heterocycles. The maximum atomic E-state index is 13.6. The van der Waals surface area contributed by atoms with Crippen LogP contribution in [0.1, 0.15) is 336 Å². The zero-order chi connectivity index (χ0) is 95.4. The molecule has 14 rings (SSSR count). The normalized spacial score (nSPS) is 34.8. The molecule has 1 nitrogen and oxygen atoms in total. The molecule has 0 radical (unpaired) electrons. The lowest BCUT2D eigenvalue weighted by Crippen LogP contribution is -2.44. The van der Waals surface area contributed by atoms with E-state index in [1.54, 1.807) is 28.9 Å². The van der Waals surface area contributed by atoms with Gasteiger partial charge in [-0.1, -0.05) is 386 Å². The fraction of sp³-hybridized carbons (Fsp3) is 0.689. The van der Waals surface area contributed by atoms with Crippen LogP contribution in [0, 0.1) is 192 Å². The van der Waals surface area contributed by atoms with Gasteiger partial charge in [-0.15, -0.1) is 0 Å². The van der Waals surface area contributed by atoms with E-state index in [4.69, 9.17) is 0 Å². The Bertz CT molecular complexity index is 4310. The van der Waals surface area contributed by atoms with Gasteiger partial charge < -0.3 is 5.11 Å². The molecule has 0 saturated heterocycles. The third-order valence-corrected chi connectivity index (χ3v) is 35.2. The predicted octanol–water partition coefficient (Wildman–Crippen LogP) is 36.8. The summed E-state index contributed by atoms with van der Waals surface area (Å²) >= 11 is 0. The fourth-order valence-corrected chi connectivity index (χ4v) is 29.3. The average molecular weight is 1750 g/mol. The van der Waals surface area contributed by atoms with Gasteiger partial charge in [0, 0.05) is 21.7 Å². The first kappa shape index (κ1) is 107. The fourth-order valence-electron chi connectivity index (χ4n) is 29.3. The Morgan fingerprint density at radius 3 is 1.23 bits per heavy atom. The molecule has 1 N–H and O–H groups in total. The summed E-state index contributed by atoms with van der Waals surface area (Å²) in [6.07, 6.45) is 52.8. The van der Waals surface area contributed by atoms with Gasteiger partial charge in [-0.25, -0.2) is 0 Å². The summed E-state index contributed by atoms with van der Waals surface area (Å²) in [6.45, 7) is 96.2. The van der Waals surface area contributed by atoms with Gasteiger partial charge in [-0.05, 0) is 336 Å². The summed E-state index contributed by atoms with van der Waals surface area (Å²) < 4.78 is 54.2. The van der Waals surface area contributed by atoms with Gasteiger partial charge in [0.25, 0.3) is 11.8 Å². The van der Waals surface area contributed by atoms with E-state index >= 15 is 0 Å². The summed E-state index contributed by atoms with van der Waals surface area (Å²) in [5.41, 5.74) is 17.0. The number of allylic oxidation sites excluding steroid dienone is 28. The molecule has 127 heavy (non-hydrogen) atoms. The van der Waals surface area contributed by atoms with Crippen molar-refractivity contribution in [2.24, 2.45) is 192 Å². The quantitative estimate of drug-likeness (QED) is 0.145. The molecule has 0 aromatic heterocycles. The summed E-state index contributed by atoms with van der Waals surface area (Å²) in [6, 6.07) is 5.95. The number of hydrogen-bond acceptors (Lipinski definition) is 1. The SMILES string of the molecule is C=C1C=C2CCC(C(C)C)C(C(C)C)[C@@]2(C)CC1.C=C1C=C[C@@]2(C)C(=C1)C=CC(C(C)C)C2C(C)C.C=C1C=C[C@@]2(C)C(=C1)CCC(C(C)C)C2C(C)C.C=C1CC[C@@]2(C)C(=CCC(C(C)C)C2C(C)C)C1.CC(C)C1C=CC2=CC(F)(F)C=C[C@]2(C)C1C(C)C.CC(C)C1CCC2=CC(F)(F)C=C[C@]2(C)C1C(C)C.CC(C)C1CCc2cc(O)ccc2C1C(C)C. The van der Waals surface area contributed by atoms with Gasteiger partial charge >= 0.3 is 0 Å². The molecule has 0 spiro atoms. The lowest BCUT2D eigenvalue weighted by molar-refractivity contribution is 0.0343. The van der Waals surface area contributed by atoms with Crippen LogP contribution in [0.25, 0.3) is 0 Å². The number of hydrogen-bond donors (Lipinski definition) is 1. The van der Waals surface area contributed by atoms with Crippen molar-refractivity contribution >= 4 is 0 Å². The van der Waals surface area contributed by atoms with E-state index in [0.29, 0.717) is 99.4 Å². The minimum absolute atomic E-state index is 0.178. The second kappa shape index (κ2) is 42.9.